The molecule has 0 atom stereocenters. The molecule has 1 aromatic heterocycles. The molecule has 0 bridgehead atoms. The van der Waals surface area contributed by atoms with Gasteiger partial charge in [0, 0.05) is 18.3 Å². The zero-order chi connectivity index (χ0) is 14.4. The first-order valence-electron chi connectivity index (χ1n) is 6.75. The average Bonchev–Trinajstić information content (AvgIpc) is 2.85. The number of carbonyl (C=O) groups excluding carboxylic acids is 1. The molecule has 0 aliphatic rings. The van der Waals surface area contributed by atoms with Crippen molar-refractivity contribution in [2.75, 3.05) is 13.1 Å². The number of hydrogen-bond acceptors (Lipinski definition) is 3. The molecular weight excluding hydrogens is 252 g/mol. The zero-order valence-electron chi connectivity index (χ0n) is 11.7. The number of nitrogens with two attached hydrogens (primary N) is 1. The molecule has 1 amide bonds. The fourth-order valence-corrected chi connectivity index (χ4v) is 1.96. The van der Waals surface area contributed by atoms with Gasteiger partial charge in [-0.1, -0.05) is 12.1 Å². The van der Waals surface area contributed by atoms with Crippen LogP contribution in [0.25, 0.3) is 0 Å². The highest BCUT2D eigenvalue weighted by atomic mass is 16.1. The molecule has 0 fully saturated rings. The van der Waals surface area contributed by atoms with Gasteiger partial charge in [-0.15, -0.1) is 0 Å². The van der Waals surface area contributed by atoms with Crippen molar-refractivity contribution in [3.05, 3.63) is 53.3 Å². The van der Waals surface area contributed by atoms with Gasteiger partial charge in [0.05, 0.1) is 12.7 Å². The second-order valence-corrected chi connectivity index (χ2v) is 4.77. The Morgan fingerprint density at radius 1 is 1.35 bits per heavy atom. The van der Waals surface area contributed by atoms with E-state index in [1.165, 1.54) is 0 Å². The zero-order valence-corrected chi connectivity index (χ0v) is 11.7. The Bertz CT molecular complexity index is 560. The van der Waals surface area contributed by atoms with Gasteiger partial charge in [-0.25, -0.2) is 0 Å². The van der Waals surface area contributed by atoms with Crippen LogP contribution in [0, 0.1) is 6.92 Å². The van der Waals surface area contributed by atoms with Crippen molar-refractivity contribution in [3.63, 3.8) is 0 Å². The fourth-order valence-electron chi connectivity index (χ4n) is 1.96. The van der Waals surface area contributed by atoms with Crippen LogP contribution in [0.1, 0.15) is 21.5 Å². The summed E-state index contributed by atoms with van der Waals surface area (Å²) in [4.78, 5) is 11.9. The molecule has 0 radical (unpaired) electrons. The van der Waals surface area contributed by atoms with E-state index in [1.54, 1.807) is 6.20 Å². The van der Waals surface area contributed by atoms with Crippen LogP contribution < -0.4 is 11.1 Å². The number of hydrogen-bond donors (Lipinski definition) is 2. The third-order valence-corrected chi connectivity index (χ3v) is 3.04. The summed E-state index contributed by atoms with van der Waals surface area (Å²) in [6, 6.07) is 7.55. The second kappa shape index (κ2) is 6.86. The topological polar surface area (TPSA) is 72.9 Å². The SMILES string of the molecule is Cc1cnn(CCNC(=O)c2ccc(CCN)cc2)c1. The van der Waals surface area contributed by atoms with Gasteiger partial charge in [-0.05, 0) is 43.1 Å². The van der Waals surface area contributed by atoms with Gasteiger partial charge in [0.25, 0.3) is 5.91 Å². The van der Waals surface area contributed by atoms with E-state index in [0.717, 1.165) is 17.5 Å². The molecule has 20 heavy (non-hydrogen) atoms. The Kier molecular flexibility index (Phi) is 4.90. The molecule has 2 rings (SSSR count). The predicted molar refractivity (Wildman–Crippen MR) is 78.5 cm³/mol. The van der Waals surface area contributed by atoms with E-state index in [2.05, 4.69) is 10.4 Å². The van der Waals surface area contributed by atoms with Crippen LogP contribution in [0.5, 0.6) is 0 Å². The summed E-state index contributed by atoms with van der Waals surface area (Å²) in [5.74, 6) is -0.0619. The number of carbonyl (C=O) groups is 1. The number of aryl methyl sites for hydroxylation is 1. The van der Waals surface area contributed by atoms with Crippen molar-refractivity contribution >= 4 is 5.91 Å². The molecule has 0 aliphatic heterocycles. The quantitative estimate of drug-likeness (QED) is 0.827. The largest absolute Gasteiger partial charge is 0.350 e. The van der Waals surface area contributed by atoms with E-state index >= 15 is 0 Å². The van der Waals surface area contributed by atoms with E-state index < -0.39 is 0 Å². The van der Waals surface area contributed by atoms with Gasteiger partial charge in [0.15, 0.2) is 0 Å². The highest BCUT2D eigenvalue weighted by Crippen LogP contribution is 2.04. The molecule has 3 N–H and O–H groups in total. The lowest BCUT2D eigenvalue weighted by atomic mass is 10.1. The molecule has 5 heteroatoms. The Balaban J connectivity index is 1.82. The van der Waals surface area contributed by atoms with E-state index in [1.807, 2.05) is 42.1 Å². The third-order valence-electron chi connectivity index (χ3n) is 3.04. The van der Waals surface area contributed by atoms with Gasteiger partial charge in [0.1, 0.15) is 0 Å². The Hall–Kier alpha value is -2.14. The Morgan fingerprint density at radius 3 is 2.70 bits per heavy atom. The first-order valence-corrected chi connectivity index (χ1v) is 6.75. The minimum absolute atomic E-state index is 0.0619. The highest BCUT2D eigenvalue weighted by molar-refractivity contribution is 5.94. The van der Waals surface area contributed by atoms with Crippen molar-refractivity contribution in [2.24, 2.45) is 5.73 Å². The lowest BCUT2D eigenvalue weighted by molar-refractivity contribution is 0.0952. The molecule has 2 aromatic rings. The van der Waals surface area contributed by atoms with Crippen LogP contribution in [0.4, 0.5) is 0 Å². The van der Waals surface area contributed by atoms with Gasteiger partial charge < -0.3 is 11.1 Å². The Labute approximate surface area is 118 Å². The van der Waals surface area contributed by atoms with Gasteiger partial charge >= 0.3 is 0 Å². The normalized spacial score (nSPS) is 10.5. The first-order chi connectivity index (χ1) is 9.69. The Morgan fingerprint density at radius 2 is 2.10 bits per heavy atom. The van der Waals surface area contributed by atoms with Crippen molar-refractivity contribution in [1.82, 2.24) is 15.1 Å². The summed E-state index contributed by atoms with van der Waals surface area (Å²) < 4.78 is 1.82. The fraction of sp³-hybridized carbons (Fsp3) is 0.333. The molecule has 1 heterocycles. The van der Waals surface area contributed by atoms with Gasteiger partial charge in [0.2, 0.25) is 0 Å². The van der Waals surface area contributed by atoms with Crippen molar-refractivity contribution in [3.8, 4) is 0 Å². The molecule has 0 saturated carbocycles. The van der Waals surface area contributed by atoms with Crippen LogP contribution in [-0.4, -0.2) is 28.8 Å². The molecule has 0 saturated heterocycles. The monoisotopic (exact) mass is 272 g/mol. The van der Waals surface area contributed by atoms with Crippen molar-refractivity contribution in [1.29, 1.82) is 0 Å². The number of amides is 1. The standard InChI is InChI=1S/C15H20N4O/c1-12-10-18-19(11-12)9-8-17-15(20)14-4-2-13(3-5-14)6-7-16/h2-5,10-11H,6-9,16H2,1H3,(H,17,20). The maximum Gasteiger partial charge on any atom is 0.251 e. The minimum Gasteiger partial charge on any atom is -0.350 e. The van der Waals surface area contributed by atoms with Crippen LogP contribution >= 0.6 is 0 Å². The molecule has 0 unspecified atom stereocenters. The lowest BCUT2D eigenvalue weighted by Crippen LogP contribution is -2.27. The number of nitrogens with one attached hydrogen (secondary N) is 1. The number of aromatic nitrogens is 2. The van der Waals surface area contributed by atoms with Crippen LogP contribution in [-0.2, 0) is 13.0 Å². The lowest BCUT2D eigenvalue weighted by Gasteiger charge is -2.06. The average molecular weight is 272 g/mol. The van der Waals surface area contributed by atoms with E-state index in [-0.39, 0.29) is 5.91 Å². The first kappa shape index (κ1) is 14.3. The molecule has 0 aliphatic carbocycles. The molecule has 5 nitrogen and oxygen atoms in total. The van der Waals surface area contributed by atoms with Gasteiger partial charge in [-0.3, -0.25) is 9.48 Å². The smallest absolute Gasteiger partial charge is 0.251 e. The summed E-state index contributed by atoms with van der Waals surface area (Å²) in [6.45, 7) is 3.84. The molecule has 0 spiro atoms. The molecule has 1 aromatic carbocycles. The maximum atomic E-state index is 11.9. The number of nitrogens with zero attached hydrogens (tertiary/aromatic N) is 2. The number of rotatable bonds is 6. The second-order valence-electron chi connectivity index (χ2n) is 4.77. The van der Waals surface area contributed by atoms with E-state index in [9.17, 15) is 4.79 Å². The maximum absolute atomic E-state index is 11.9. The summed E-state index contributed by atoms with van der Waals surface area (Å²) in [7, 11) is 0. The van der Waals surface area contributed by atoms with Crippen molar-refractivity contribution < 1.29 is 4.79 Å². The molecular formula is C15H20N4O. The highest BCUT2D eigenvalue weighted by Gasteiger charge is 2.04. The van der Waals surface area contributed by atoms with E-state index in [4.69, 9.17) is 5.73 Å². The van der Waals surface area contributed by atoms with E-state index in [0.29, 0.717) is 25.2 Å². The van der Waals surface area contributed by atoms with Crippen LogP contribution in [0.3, 0.4) is 0 Å². The number of benzene rings is 1. The van der Waals surface area contributed by atoms with Crippen LogP contribution in [0.2, 0.25) is 0 Å². The summed E-state index contributed by atoms with van der Waals surface area (Å²) in [5.41, 5.74) is 8.43. The van der Waals surface area contributed by atoms with Gasteiger partial charge in [-0.2, -0.15) is 5.10 Å². The summed E-state index contributed by atoms with van der Waals surface area (Å²) in [5, 5.41) is 7.05. The molecule has 106 valence electrons. The van der Waals surface area contributed by atoms with Crippen LogP contribution in [0.15, 0.2) is 36.7 Å². The van der Waals surface area contributed by atoms with Crippen molar-refractivity contribution in [2.45, 2.75) is 19.9 Å². The third kappa shape index (κ3) is 3.93. The minimum atomic E-state index is -0.0619. The summed E-state index contributed by atoms with van der Waals surface area (Å²) >= 11 is 0. The summed E-state index contributed by atoms with van der Waals surface area (Å²) in [6.07, 6.45) is 4.59. The predicted octanol–water partition coefficient (Wildman–Crippen LogP) is 1.12.